The molecule has 0 radical (unpaired) electrons. The molecule has 120 valence electrons. The van der Waals surface area contributed by atoms with Gasteiger partial charge in [-0.3, -0.25) is 4.79 Å². The van der Waals surface area contributed by atoms with Crippen molar-refractivity contribution in [2.45, 2.75) is 32.7 Å². The fourth-order valence-electron chi connectivity index (χ4n) is 2.26. The molecule has 0 unspecified atom stereocenters. The third-order valence-electron chi connectivity index (χ3n) is 3.49. The lowest BCUT2D eigenvalue weighted by Gasteiger charge is -2.12. The Hall–Kier alpha value is -1.85. The number of aryl methyl sites for hydroxylation is 2. The zero-order valence-electron chi connectivity index (χ0n) is 12.8. The van der Waals surface area contributed by atoms with Gasteiger partial charge in [0, 0.05) is 12.1 Å². The van der Waals surface area contributed by atoms with Crippen LogP contribution in [0.4, 0.5) is 0 Å². The predicted octanol–water partition coefficient (Wildman–Crippen LogP) is 1.94. The number of nitrogens with two attached hydrogens (primary N) is 1. The fourth-order valence-corrected chi connectivity index (χ4v) is 2.26. The molecule has 6 heteroatoms. The summed E-state index contributed by atoms with van der Waals surface area (Å²) in [5.74, 6) is 0.668. The number of aromatic nitrogens is 1. The molecule has 1 heterocycles. The predicted molar refractivity (Wildman–Crippen MR) is 88.1 cm³/mol. The van der Waals surface area contributed by atoms with E-state index in [0.29, 0.717) is 19.4 Å². The van der Waals surface area contributed by atoms with E-state index in [1.165, 1.54) is 0 Å². The quantitative estimate of drug-likeness (QED) is 0.851. The van der Waals surface area contributed by atoms with Crippen LogP contribution in [0, 0.1) is 13.8 Å². The van der Waals surface area contributed by atoms with Gasteiger partial charge in [0.2, 0.25) is 5.91 Å². The lowest BCUT2D eigenvalue weighted by atomic mass is 10.1. The second kappa shape index (κ2) is 8.56. The van der Waals surface area contributed by atoms with E-state index in [0.717, 1.165) is 22.6 Å². The molecule has 1 aromatic carbocycles. The van der Waals surface area contributed by atoms with Crippen molar-refractivity contribution in [1.82, 2.24) is 10.5 Å². The molecule has 0 spiro atoms. The average molecular weight is 324 g/mol. The van der Waals surface area contributed by atoms with Crippen molar-refractivity contribution in [1.29, 1.82) is 0 Å². The first-order valence-electron chi connectivity index (χ1n) is 7.07. The van der Waals surface area contributed by atoms with Gasteiger partial charge in [0.25, 0.3) is 0 Å². The number of rotatable bonds is 6. The smallest absolute Gasteiger partial charge is 0.237 e. The summed E-state index contributed by atoms with van der Waals surface area (Å²) in [6, 6.07) is 9.23. The van der Waals surface area contributed by atoms with E-state index in [-0.39, 0.29) is 18.3 Å². The van der Waals surface area contributed by atoms with Gasteiger partial charge in [0.1, 0.15) is 5.76 Å². The van der Waals surface area contributed by atoms with Crippen LogP contribution in [0.1, 0.15) is 22.6 Å². The number of amides is 1. The summed E-state index contributed by atoms with van der Waals surface area (Å²) in [4.78, 5) is 12.0. The monoisotopic (exact) mass is 323 g/mol. The number of halogens is 1. The van der Waals surface area contributed by atoms with Crippen LogP contribution in [0.2, 0.25) is 0 Å². The Morgan fingerprint density at radius 3 is 2.59 bits per heavy atom. The number of carbonyl (C=O) groups is 1. The van der Waals surface area contributed by atoms with Gasteiger partial charge >= 0.3 is 0 Å². The van der Waals surface area contributed by atoms with E-state index >= 15 is 0 Å². The van der Waals surface area contributed by atoms with Crippen LogP contribution in [0.3, 0.4) is 0 Å². The molecular formula is C16H22ClN3O2. The van der Waals surface area contributed by atoms with Gasteiger partial charge in [-0.15, -0.1) is 12.4 Å². The highest BCUT2D eigenvalue weighted by Crippen LogP contribution is 2.12. The van der Waals surface area contributed by atoms with Gasteiger partial charge in [-0.2, -0.15) is 0 Å². The summed E-state index contributed by atoms with van der Waals surface area (Å²) in [5.41, 5.74) is 8.91. The van der Waals surface area contributed by atoms with E-state index in [4.69, 9.17) is 10.3 Å². The minimum Gasteiger partial charge on any atom is -0.361 e. The Bertz CT molecular complexity index is 579. The topological polar surface area (TPSA) is 81.2 Å². The molecular weight excluding hydrogens is 302 g/mol. The summed E-state index contributed by atoms with van der Waals surface area (Å²) in [6.45, 7) is 4.30. The molecule has 0 fully saturated rings. The van der Waals surface area contributed by atoms with Crippen LogP contribution in [-0.4, -0.2) is 23.7 Å². The largest absolute Gasteiger partial charge is 0.361 e. The zero-order chi connectivity index (χ0) is 15.2. The second-order valence-corrected chi connectivity index (χ2v) is 5.14. The van der Waals surface area contributed by atoms with Gasteiger partial charge in [-0.1, -0.05) is 35.5 Å². The minimum absolute atomic E-state index is 0. The molecule has 2 aromatic rings. The number of nitrogens with one attached hydrogen (secondary N) is 1. The van der Waals surface area contributed by atoms with Gasteiger partial charge in [-0.25, -0.2) is 0 Å². The summed E-state index contributed by atoms with van der Waals surface area (Å²) in [7, 11) is 0. The number of benzene rings is 1. The van der Waals surface area contributed by atoms with Gasteiger partial charge < -0.3 is 15.6 Å². The number of hydrogen-bond acceptors (Lipinski definition) is 4. The van der Waals surface area contributed by atoms with E-state index in [1.807, 2.05) is 44.2 Å². The van der Waals surface area contributed by atoms with Gasteiger partial charge in [0.15, 0.2) is 0 Å². The van der Waals surface area contributed by atoms with E-state index in [2.05, 4.69) is 10.5 Å². The first-order chi connectivity index (χ1) is 10.1. The van der Waals surface area contributed by atoms with E-state index in [1.54, 1.807) is 0 Å². The van der Waals surface area contributed by atoms with Crippen molar-refractivity contribution in [3.8, 4) is 0 Å². The fraction of sp³-hybridized carbons (Fsp3) is 0.375. The van der Waals surface area contributed by atoms with Crippen molar-refractivity contribution in [2.75, 3.05) is 6.54 Å². The summed E-state index contributed by atoms with van der Waals surface area (Å²) in [5, 5.41) is 6.75. The summed E-state index contributed by atoms with van der Waals surface area (Å²) in [6.07, 6.45) is 1.24. The molecule has 0 saturated carbocycles. The van der Waals surface area contributed by atoms with Crippen LogP contribution >= 0.6 is 12.4 Å². The normalized spacial score (nSPS) is 11.6. The van der Waals surface area contributed by atoms with Crippen LogP contribution in [0.5, 0.6) is 0 Å². The van der Waals surface area contributed by atoms with Crippen LogP contribution in [0.15, 0.2) is 34.9 Å². The Labute approximate surface area is 136 Å². The number of hydrogen-bond donors (Lipinski definition) is 2. The van der Waals surface area contributed by atoms with Gasteiger partial charge in [-0.05, 0) is 32.3 Å². The SMILES string of the molecule is Cc1noc(C)c1CCNC(=O)[C@@H](N)Cc1ccccc1.Cl. The maximum atomic E-state index is 12.0. The average Bonchev–Trinajstić information content (AvgIpc) is 2.80. The van der Waals surface area contributed by atoms with Gasteiger partial charge in [0.05, 0.1) is 11.7 Å². The Kier molecular flexibility index (Phi) is 7.08. The first kappa shape index (κ1) is 18.2. The molecule has 0 bridgehead atoms. The molecule has 5 nitrogen and oxygen atoms in total. The highest BCUT2D eigenvalue weighted by molar-refractivity contribution is 5.85. The third-order valence-corrected chi connectivity index (χ3v) is 3.49. The van der Waals surface area contributed by atoms with Crippen molar-refractivity contribution in [3.05, 3.63) is 52.9 Å². The second-order valence-electron chi connectivity index (χ2n) is 5.14. The molecule has 0 aliphatic rings. The maximum Gasteiger partial charge on any atom is 0.237 e. The highest BCUT2D eigenvalue weighted by atomic mass is 35.5. The van der Waals surface area contributed by atoms with Crippen LogP contribution in [-0.2, 0) is 17.6 Å². The minimum atomic E-state index is -0.530. The van der Waals surface area contributed by atoms with Crippen molar-refractivity contribution >= 4 is 18.3 Å². The number of nitrogens with zero attached hydrogens (tertiary/aromatic N) is 1. The lowest BCUT2D eigenvalue weighted by molar-refractivity contribution is -0.122. The standard InChI is InChI=1S/C16H21N3O2.ClH/c1-11-14(12(2)21-19-11)8-9-18-16(20)15(17)10-13-6-4-3-5-7-13;/h3-7,15H,8-10,17H2,1-2H3,(H,18,20);1H/t15-;/m0./s1. The summed E-state index contributed by atoms with van der Waals surface area (Å²) < 4.78 is 5.09. The highest BCUT2D eigenvalue weighted by Gasteiger charge is 2.14. The molecule has 0 aliphatic heterocycles. The first-order valence-corrected chi connectivity index (χ1v) is 7.07. The van der Waals surface area contributed by atoms with Crippen LogP contribution < -0.4 is 11.1 Å². The van der Waals surface area contributed by atoms with Crippen molar-refractivity contribution < 1.29 is 9.32 Å². The molecule has 2 rings (SSSR count). The van der Waals surface area contributed by atoms with E-state index in [9.17, 15) is 4.79 Å². The Morgan fingerprint density at radius 2 is 2.00 bits per heavy atom. The van der Waals surface area contributed by atoms with Crippen LogP contribution in [0.25, 0.3) is 0 Å². The molecule has 0 saturated heterocycles. The molecule has 1 amide bonds. The zero-order valence-corrected chi connectivity index (χ0v) is 13.7. The summed E-state index contributed by atoms with van der Waals surface area (Å²) >= 11 is 0. The van der Waals surface area contributed by atoms with Crippen molar-refractivity contribution in [3.63, 3.8) is 0 Å². The molecule has 0 aliphatic carbocycles. The molecule has 22 heavy (non-hydrogen) atoms. The number of carbonyl (C=O) groups excluding carboxylic acids is 1. The molecule has 3 N–H and O–H groups in total. The van der Waals surface area contributed by atoms with E-state index < -0.39 is 6.04 Å². The lowest BCUT2D eigenvalue weighted by Crippen LogP contribution is -2.42. The molecule has 1 atom stereocenters. The Morgan fingerprint density at radius 1 is 1.32 bits per heavy atom. The maximum absolute atomic E-state index is 12.0. The molecule has 1 aromatic heterocycles. The van der Waals surface area contributed by atoms with Crippen molar-refractivity contribution in [2.24, 2.45) is 5.73 Å². The Balaban J connectivity index is 0.00000242. The third kappa shape index (κ3) is 4.86.